The molecular weight excluding hydrogens is 520 g/mol. The topological polar surface area (TPSA) is 212 Å². The minimum atomic E-state index is -0.857. The van der Waals surface area contributed by atoms with Crippen LogP contribution in [0.25, 0.3) is 0 Å². The maximum atomic E-state index is 12.2. The Labute approximate surface area is 230 Å². The number of H-pyrrole nitrogens is 2. The van der Waals surface area contributed by atoms with E-state index in [9.17, 15) is 29.4 Å². The Balaban J connectivity index is 1.32. The highest BCUT2D eigenvalue weighted by Gasteiger charge is 2.18. The normalized spacial score (nSPS) is 12.1. The maximum Gasteiger partial charge on any atom is 0.244 e. The molecule has 0 radical (unpaired) electrons. The van der Waals surface area contributed by atoms with Crippen molar-refractivity contribution in [2.24, 2.45) is 0 Å². The van der Waals surface area contributed by atoms with E-state index in [-0.39, 0.29) is 37.7 Å². The summed E-state index contributed by atoms with van der Waals surface area (Å²) in [5, 5.41) is 35.2. The van der Waals surface area contributed by atoms with Gasteiger partial charge in [0.2, 0.25) is 23.6 Å². The van der Waals surface area contributed by atoms with Crippen LogP contribution in [0.2, 0.25) is 0 Å². The van der Waals surface area contributed by atoms with Crippen LogP contribution in [0.4, 0.5) is 23.0 Å². The Morgan fingerprint density at radius 3 is 1.38 bits per heavy atom. The zero-order valence-electron chi connectivity index (χ0n) is 21.7. The van der Waals surface area contributed by atoms with Crippen molar-refractivity contribution in [2.75, 3.05) is 47.6 Å². The summed E-state index contributed by atoms with van der Waals surface area (Å²) in [7, 11) is 0. The summed E-state index contributed by atoms with van der Waals surface area (Å²) < 4.78 is 0. The summed E-state index contributed by atoms with van der Waals surface area (Å²) in [6.07, 6.45) is 3.41. The standard InChI is InChI=1S/C26H34N8O6/c35-15-19(33-21-3-1-11-27-21)25(39)29-13-9-23(37)31-17-5-7-18(8-6-17)32-24(38)10-14-30-26(40)20(16-36)34-22-4-2-12-28-22/h1-8,11-12,19-20,27-28,33-36H,9-10,13-16H2,(H,29,39)(H,30,40)(H,31,37)(H,32,38)/t19-,20-/m0/s1. The highest BCUT2D eigenvalue weighted by atomic mass is 16.3. The molecule has 14 nitrogen and oxygen atoms in total. The highest BCUT2D eigenvalue weighted by Crippen LogP contribution is 2.14. The Hall–Kier alpha value is -4.82. The molecule has 0 saturated carbocycles. The van der Waals surface area contributed by atoms with Crippen molar-refractivity contribution in [1.82, 2.24) is 20.6 Å². The summed E-state index contributed by atoms with van der Waals surface area (Å²) in [4.78, 5) is 54.7. The third-order valence-corrected chi connectivity index (χ3v) is 5.61. The number of aliphatic hydroxyl groups excluding tert-OH is 2. The van der Waals surface area contributed by atoms with Gasteiger partial charge >= 0.3 is 0 Å². The number of carbonyl (C=O) groups excluding carboxylic acids is 4. The third-order valence-electron chi connectivity index (χ3n) is 5.61. The first-order valence-electron chi connectivity index (χ1n) is 12.6. The monoisotopic (exact) mass is 554 g/mol. The first kappa shape index (κ1) is 29.7. The van der Waals surface area contributed by atoms with Gasteiger partial charge in [0.05, 0.1) is 13.2 Å². The molecule has 0 fully saturated rings. The van der Waals surface area contributed by atoms with Crippen molar-refractivity contribution in [3.05, 3.63) is 60.9 Å². The molecule has 4 amide bonds. The van der Waals surface area contributed by atoms with Crippen LogP contribution in [0.15, 0.2) is 60.9 Å². The number of aromatic nitrogens is 2. The molecular formula is C26H34N8O6. The van der Waals surface area contributed by atoms with Crippen molar-refractivity contribution in [3.63, 3.8) is 0 Å². The molecule has 0 bridgehead atoms. The van der Waals surface area contributed by atoms with Gasteiger partial charge in [0.25, 0.3) is 0 Å². The van der Waals surface area contributed by atoms with Crippen molar-refractivity contribution in [2.45, 2.75) is 24.9 Å². The molecule has 2 atom stereocenters. The fourth-order valence-electron chi connectivity index (χ4n) is 3.53. The van der Waals surface area contributed by atoms with E-state index in [0.717, 1.165) is 0 Å². The van der Waals surface area contributed by atoms with Crippen LogP contribution in [-0.2, 0) is 19.2 Å². The summed E-state index contributed by atoms with van der Waals surface area (Å²) in [5.41, 5.74) is 1.01. The number of benzene rings is 1. The summed E-state index contributed by atoms with van der Waals surface area (Å²) in [6, 6.07) is 11.7. The molecule has 14 heteroatoms. The predicted molar refractivity (Wildman–Crippen MR) is 150 cm³/mol. The van der Waals surface area contributed by atoms with Gasteiger partial charge in [0.1, 0.15) is 23.7 Å². The van der Waals surface area contributed by atoms with E-state index >= 15 is 0 Å². The third kappa shape index (κ3) is 9.81. The molecule has 2 aromatic heterocycles. The van der Waals surface area contributed by atoms with Gasteiger partial charge in [-0.2, -0.15) is 0 Å². The maximum absolute atomic E-state index is 12.2. The smallest absolute Gasteiger partial charge is 0.244 e. The lowest BCUT2D eigenvalue weighted by molar-refractivity contribution is -0.124. The Morgan fingerprint density at radius 2 is 1.05 bits per heavy atom. The van der Waals surface area contributed by atoms with Crippen LogP contribution < -0.4 is 31.9 Å². The summed E-state index contributed by atoms with van der Waals surface area (Å²) >= 11 is 0. The molecule has 0 saturated heterocycles. The van der Waals surface area contributed by atoms with Crippen molar-refractivity contribution in [1.29, 1.82) is 0 Å². The molecule has 3 rings (SSSR count). The number of hydrogen-bond acceptors (Lipinski definition) is 8. The van der Waals surface area contributed by atoms with Gasteiger partial charge in [-0.25, -0.2) is 0 Å². The van der Waals surface area contributed by atoms with Gasteiger partial charge in [-0.05, 0) is 48.5 Å². The second-order valence-electron chi connectivity index (χ2n) is 8.68. The average molecular weight is 555 g/mol. The molecule has 0 unspecified atom stereocenters. The van der Waals surface area contributed by atoms with E-state index < -0.39 is 37.1 Å². The van der Waals surface area contributed by atoms with Gasteiger partial charge in [-0.1, -0.05) is 0 Å². The molecule has 2 heterocycles. The molecule has 3 aromatic rings. The van der Waals surface area contributed by atoms with E-state index in [2.05, 4.69) is 41.9 Å². The largest absolute Gasteiger partial charge is 0.394 e. The molecule has 0 spiro atoms. The molecule has 0 aliphatic heterocycles. The van der Waals surface area contributed by atoms with Crippen LogP contribution in [-0.4, -0.2) is 82.2 Å². The number of rotatable bonds is 16. The van der Waals surface area contributed by atoms with Gasteiger partial charge in [0, 0.05) is 49.7 Å². The lowest BCUT2D eigenvalue weighted by Crippen LogP contribution is -2.43. The molecule has 1 aromatic carbocycles. The SMILES string of the molecule is O=C(CCNC(=O)[C@H](CO)Nc1ccc[nH]1)Nc1ccc(NC(=O)CCNC(=O)[C@H](CO)Nc2ccc[nH]2)cc1. The minimum absolute atomic E-state index is 0.0221. The molecule has 214 valence electrons. The Kier molecular flexibility index (Phi) is 11.6. The van der Waals surface area contributed by atoms with Crippen molar-refractivity contribution in [3.8, 4) is 0 Å². The molecule has 40 heavy (non-hydrogen) atoms. The highest BCUT2D eigenvalue weighted by molar-refractivity contribution is 5.93. The number of nitrogens with one attached hydrogen (secondary N) is 8. The lowest BCUT2D eigenvalue weighted by atomic mass is 10.2. The average Bonchev–Trinajstić information content (AvgIpc) is 3.66. The van der Waals surface area contributed by atoms with Crippen LogP contribution in [0.1, 0.15) is 12.8 Å². The number of aliphatic hydroxyl groups is 2. The second-order valence-corrected chi connectivity index (χ2v) is 8.68. The van der Waals surface area contributed by atoms with E-state index in [1.165, 1.54) is 0 Å². The van der Waals surface area contributed by atoms with Crippen LogP contribution >= 0.6 is 0 Å². The Bertz CT molecular complexity index is 1120. The summed E-state index contributed by atoms with van der Waals surface area (Å²) in [5.74, 6) is -0.343. The summed E-state index contributed by atoms with van der Waals surface area (Å²) in [6.45, 7) is -0.658. The van der Waals surface area contributed by atoms with Gasteiger partial charge in [-0.3, -0.25) is 19.2 Å². The van der Waals surface area contributed by atoms with Crippen molar-refractivity contribution < 1.29 is 29.4 Å². The van der Waals surface area contributed by atoms with Crippen LogP contribution in [0.3, 0.4) is 0 Å². The van der Waals surface area contributed by atoms with E-state index in [4.69, 9.17) is 0 Å². The van der Waals surface area contributed by atoms with E-state index in [1.807, 2.05) is 0 Å². The van der Waals surface area contributed by atoms with Crippen molar-refractivity contribution >= 4 is 46.6 Å². The lowest BCUT2D eigenvalue weighted by Gasteiger charge is -2.16. The van der Waals surface area contributed by atoms with E-state index in [1.54, 1.807) is 60.9 Å². The zero-order chi connectivity index (χ0) is 28.7. The molecule has 0 aliphatic rings. The second kappa shape index (κ2) is 15.6. The number of hydrogen-bond donors (Lipinski definition) is 10. The zero-order valence-corrected chi connectivity index (χ0v) is 21.7. The fourth-order valence-corrected chi connectivity index (χ4v) is 3.53. The number of carbonyl (C=O) groups is 4. The first-order valence-corrected chi connectivity index (χ1v) is 12.6. The number of anilines is 4. The first-order chi connectivity index (χ1) is 19.4. The van der Waals surface area contributed by atoms with Gasteiger partial charge in [-0.15, -0.1) is 0 Å². The minimum Gasteiger partial charge on any atom is -0.394 e. The molecule has 0 aliphatic carbocycles. The Morgan fingerprint density at radius 1 is 0.650 bits per heavy atom. The quantitative estimate of drug-likeness (QED) is 0.118. The van der Waals surface area contributed by atoms with Gasteiger partial charge < -0.3 is 52.1 Å². The van der Waals surface area contributed by atoms with Gasteiger partial charge in [0.15, 0.2) is 0 Å². The van der Waals surface area contributed by atoms with Crippen LogP contribution in [0.5, 0.6) is 0 Å². The molecule has 10 N–H and O–H groups in total. The number of amides is 4. The van der Waals surface area contributed by atoms with E-state index in [0.29, 0.717) is 23.0 Å². The fraction of sp³-hybridized carbons (Fsp3) is 0.308. The van der Waals surface area contributed by atoms with Crippen LogP contribution in [0, 0.1) is 0 Å². The number of aromatic amines is 2. The predicted octanol–water partition coefficient (Wildman–Crippen LogP) is 0.178.